The minimum atomic E-state index is -4.70. The third kappa shape index (κ3) is 2.72. The summed E-state index contributed by atoms with van der Waals surface area (Å²) in [5.74, 6) is -3.40. The number of rotatable bonds is 3. The first-order chi connectivity index (χ1) is 13.1. The second-order valence-electron chi connectivity index (χ2n) is 7.11. The highest BCUT2D eigenvalue weighted by Crippen LogP contribution is 2.49. The van der Waals surface area contributed by atoms with Crippen LogP contribution in [0, 0.1) is 18.3 Å². The highest BCUT2D eigenvalue weighted by molar-refractivity contribution is 5.91. The van der Waals surface area contributed by atoms with Gasteiger partial charge < -0.3 is 10.0 Å². The van der Waals surface area contributed by atoms with E-state index in [0.29, 0.717) is 6.42 Å². The minimum Gasteiger partial charge on any atom is -0.481 e. The van der Waals surface area contributed by atoms with Gasteiger partial charge in [0.25, 0.3) is 11.9 Å². The summed E-state index contributed by atoms with van der Waals surface area (Å²) in [5.41, 5.74) is -0.946. The van der Waals surface area contributed by atoms with E-state index in [1.54, 1.807) is 5.10 Å². The first-order valence-corrected chi connectivity index (χ1v) is 8.58. The van der Waals surface area contributed by atoms with Crippen LogP contribution in [0.5, 0.6) is 0 Å². The maximum absolute atomic E-state index is 12.8. The predicted octanol–water partition coefficient (Wildman–Crippen LogP) is 1.04. The van der Waals surface area contributed by atoms with E-state index in [4.69, 9.17) is 0 Å². The molecular weight excluding hydrogens is 383 g/mol. The van der Waals surface area contributed by atoms with Crippen molar-refractivity contribution < 1.29 is 27.9 Å². The van der Waals surface area contributed by atoms with Crippen molar-refractivity contribution in [3.05, 3.63) is 17.5 Å². The van der Waals surface area contributed by atoms with Gasteiger partial charge >= 0.3 is 12.1 Å². The molecule has 1 saturated heterocycles. The lowest BCUT2D eigenvalue weighted by Gasteiger charge is -2.22. The number of hydrogen-bond acceptors (Lipinski definition) is 6. The van der Waals surface area contributed by atoms with Crippen molar-refractivity contribution in [3.63, 3.8) is 0 Å². The van der Waals surface area contributed by atoms with Crippen molar-refractivity contribution in [2.24, 2.45) is 11.3 Å². The van der Waals surface area contributed by atoms with Crippen LogP contribution in [-0.2, 0) is 11.0 Å². The Morgan fingerprint density at radius 1 is 1.32 bits per heavy atom. The second-order valence-corrected chi connectivity index (χ2v) is 7.11. The number of carboxylic acid groups (broad SMARTS) is 1. The van der Waals surface area contributed by atoms with Gasteiger partial charge in [-0.25, -0.2) is 4.98 Å². The number of likely N-dealkylation sites (tertiary alicyclic amines) is 1. The van der Waals surface area contributed by atoms with Gasteiger partial charge in [-0.1, -0.05) is 6.42 Å². The van der Waals surface area contributed by atoms with Crippen LogP contribution >= 0.6 is 0 Å². The molecule has 0 bridgehead atoms. The molecule has 0 unspecified atom stereocenters. The van der Waals surface area contributed by atoms with Crippen molar-refractivity contribution in [1.29, 1.82) is 0 Å². The first kappa shape index (κ1) is 18.4. The van der Waals surface area contributed by atoms with Gasteiger partial charge in [0, 0.05) is 13.1 Å². The van der Waals surface area contributed by atoms with Crippen molar-refractivity contribution in [1.82, 2.24) is 34.8 Å². The van der Waals surface area contributed by atoms with E-state index in [9.17, 15) is 27.9 Å². The Morgan fingerprint density at radius 2 is 2.07 bits per heavy atom. The van der Waals surface area contributed by atoms with Crippen molar-refractivity contribution >= 4 is 11.9 Å². The molecule has 2 N–H and O–H groups in total. The van der Waals surface area contributed by atoms with Crippen LogP contribution in [0.4, 0.5) is 13.2 Å². The quantitative estimate of drug-likeness (QED) is 0.789. The van der Waals surface area contributed by atoms with Crippen LogP contribution in [-0.4, -0.2) is 64.9 Å². The summed E-state index contributed by atoms with van der Waals surface area (Å²) in [5, 5.41) is 18.8. The van der Waals surface area contributed by atoms with Crippen LogP contribution in [0.1, 0.15) is 41.5 Å². The zero-order chi connectivity index (χ0) is 20.3. The SMILES string of the molecule is Cc1nc(C(=O)N2C[C@@H]3CCC[C@@]3(C(=O)O)C2)nn1-c1n[nH]c(C(F)(F)F)n1. The molecule has 2 aromatic heterocycles. The molecule has 13 heteroatoms. The molecule has 10 nitrogen and oxygen atoms in total. The van der Waals surface area contributed by atoms with Crippen LogP contribution in [0.25, 0.3) is 5.95 Å². The van der Waals surface area contributed by atoms with Gasteiger partial charge in [0.05, 0.1) is 5.41 Å². The molecule has 0 spiro atoms. The summed E-state index contributed by atoms with van der Waals surface area (Å²) in [6.07, 6.45) is -2.66. The van der Waals surface area contributed by atoms with Gasteiger partial charge in [0.1, 0.15) is 5.82 Å². The molecule has 2 aromatic rings. The first-order valence-electron chi connectivity index (χ1n) is 8.58. The van der Waals surface area contributed by atoms with Crippen molar-refractivity contribution in [2.75, 3.05) is 13.1 Å². The van der Waals surface area contributed by atoms with Crippen LogP contribution < -0.4 is 0 Å². The number of carbonyl (C=O) groups is 2. The number of amides is 1. The molecule has 1 amide bonds. The minimum absolute atomic E-state index is 0.0678. The molecule has 2 atom stereocenters. The number of aryl methyl sites for hydroxylation is 1. The zero-order valence-electron chi connectivity index (χ0n) is 14.7. The zero-order valence-corrected chi connectivity index (χ0v) is 14.7. The van der Waals surface area contributed by atoms with Gasteiger partial charge in [-0.05, 0) is 25.7 Å². The Labute approximate surface area is 155 Å². The van der Waals surface area contributed by atoms with Crippen molar-refractivity contribution in [2.45, 2.75) is 32.4 Å². The number of nitrogens with zero attached hydrogens (tertiary/aromatic N) is 6. The highest BCUT2D eigenvalue weighted by atomic mass is 19.4. The number of halogens is 3. The number of aliphatic carboxylic acids is 1. The Bertz CT molecular complexity index is 953. The molecule has 1 aliphatic carbocycles. The Kier molecular flexibility index (Phi) is 3.94. The molecule has 2 fully saturated rings. The average Bonchev–Trinajstić information content (AvgIpc) is 3.34. The van der Waals surface area contributed by atoms with E-state index in [2.05, 4.69) is 20.2 Å². The molecule has 2 aliphatic rings. The number of H-pyrrole nitrogens is 1. The fourth-order valence-electron chi connectivity index (χ4n) is 4.08. The van der Waals surface area contributed by atoms with Gasteiger partial charge in [0.15, 0.2) is 0 Å². The lowest BCUT2D eigenvalue weighted by molar-refractivity contribution is -0.149. The van der Waals surface area contributed by atoms with Gasteiger partial charge in [-0.15, -0.1) is 10.2 Å². The van der Waals surface area contributed by atoms with Crippen molar-refractivity contribution in [3.8, 4) is 5.95 Å². The van der Waals surface area contributed by atoms with E-state index in [-0.39, 0.29) is 30.7 Å². The monoisotopic (exact) mass is 399 g/mol. The fourth-order valence-corrected chi connectivity index (χ4v) is 4.08. The Morgan fingerprint density at radius 3 is 2.68 bits per heavy atom. The molecule has 150 valence electrons. The number of alkyl halides is 3. The number of aromatic amines is 1. The van der Waals surface area contributed by atoms with Gasteiger partial charge in [0.2, 0.25) is 11.6 Å². The number of aromatic nitrogens is 6. The summed E-state index contributed by atoms with van der Waals surface area (Å²) < 4.78 is 39.0. The number of carboxylic acids is 1. The summed E-state index contributed by atoms with van der Waals surface area (Å²) in [7, 11) is 0. The lowest BCUT2D eigenvalue weighted by Crippen LogP contribution is -2.37. The van der Waals surface area contributed by atoms with Crippen LogP contribution in [0.2, 0.25) is 0 Å². The summed E-state index contributed by atoms with van der Waals surface area (Å²) in [6, 6.07) is 0. The van der Waals surface area contributed by atoms with Crippen LogP contribution in [0.3, 0.4) is 0 Å². The normalized spacial score (nSPS) is 24.6. The number of hydrogen-bond donors (Lipinski definition) is 2. The molecule has 0 radical (unpaired) electrons. The standard InChI is InChI=1S/C15H16F3N7O3/c1-7-19-9(23-25(7)13-20-11(21-22-13)15(16,17)18)10(26)24-5-8-3-2-4-14(8,6-24)12(27)28/h8H,2-6H2,1H3,(H,27,28)(H,20,21,22)/t8-,14+/m0/s1. The molecule has 3 heterocycles. The second kappa shape index (κ2) is 6.01. The Balaban J connectivity index is 1.58. The molecule has 0 aromatic carbocycles. The maximum Gasteiger partial charge on any atom is 0.451 e. The smallest absolute Gasteiger partial charge is 0.451 e. The summed E-state index contributed by atoms with van der Waals surface area (Å²) in [6.45, 7) is 1.81. The van der Waals surface area contributed by atoms with E-state index in [1.165, 1.54) is 11.8 Å². The molecule has 1 aliphatic heterocycles. The van der Waals surface area contributed by atoms with Gasteiger partial charge in [-0.3, -0.25) is 14.7 Å². The van der Waals surface area contributed by atoms with E-state index in [0.717, 1.165) is 17.5 Å². The third-order valence-electron chi connectivity index (χ3n) is 5.48. The Hall–Kier alpha value is -2.99. The summed E-state index contributed by atoms with van der Waals surface area (Å²) >= 11 is 0. The predicted molar refractivity (Wildman–Crippen MR) is 84.4 cm³/mol. The molecular formula is C15H16F3N7O3. The number of fused-ring (bicyclic) bond motifs is 1. The van der Waals surface area contributed by atoms with E-state index in [1.807, 2.05) is 0 Å². The fraction of sp³-hybridized carbons (Fsp3) is 0.600. The summed E-state index contributed by atoms with van der Waals surface area (Å²) in [4.78, 5) is 33.3. The third-order valence-corrected chi connectivity index (χ3v) is 5.48. The molecule has 1 saturated carbocycles. The van der Waals surface area contributed by atoms with E-state index >= 15 is 0 Å². The van der Waals surface area contributed by atoms with E-state index < -0.39 is 35.2 Å². The molecule has 28 heavy (non-hydrogen) atoms. The topological polar surface area (TPSA) is 130 Å². The van der Waals surface area contributed by atoms with Crippen LogP contribution in [0.15, 0.2) is 0 Å². The largest absolute Gasteiger partial charge is 0.481 e. The maximum atomic E-state index is 12.8. The van der Waals surface area contributed by atoms with Gasteiger partial charge in [-0.2, -0.15) is 22.8 Å². The number of nitrogens with one attached hydrogen (secondary N) is 1. The molecule has 4 rings (SSSR count). The number of carbonyl (C=O) groups excluding carboxylic acids is 1. The lowest BCUT2D eigenvalue weighted by atomic mass is 9.81. The highest BCUT2D eigenvalue weighted by Gasteiger charge is 2.56. The average molecular weight is 399 g/mol.